The maximum absolute atomic E-state index is 13.9. The summed E-state index contributed by atoms with van der Waals surface area (Å²) in [7, 11) is 1.94. The van der Waals surface area contributed by atoms with Crippen LogP contribution in [0.2, 0.25) is 0 Å². The molecule has 0 unspecified atom stereocenters. The lowest BCUT2D eigenvalue weighted by Crippen LogP contribution is -2.22. The maximum atomic E-state index is 13.9. The first-order valence-corrected chi connectivity index (χ1v) is 9.11. The molecular weight excluding hydrogens is 377 g/mol. The second kappa shape index (κ2) is 7.87. The third kappa shape index (κ3) is 3.92. The van der Waals surface area contributed by atoms with Gasteiger partial charge in [-0.2, -0.15) is 5.10 Å². The van der Waals surface area contributed by atoms with E-state index in [2.05, 4.69) is 10.2 Å². The van der Waals surface area contributed by atoms with Crippen LogP contribution in [0.25, 0.3) is 17.1 Å². The van der Waals surface area contributed by atoms with E-state index in [0.29, 0.717) is 18.8 Å². The van der Waals surface area contributed by atoms with Crippen LogP contribution in [0.4, 0.5) is 4.39 Å². The van der Waals surface area contributed by atoms with Crippen molar-refractivity contribution in [2.75, 3.05) is 7.05 Å². The fourth-order valence-electron chi connectivity index (χ4n) is 2.89. The predicted octanol–water partition coefficient (Wildman–Crippen LogP) is 4.29. The Labute approximate surface area is 166 Å². The van der Waals surface area contributed by atoms with Gasteiger partial charge < -0.3 is 4.42 Å². The molecule has 4 aromatic rings. The Balaban J connectivity index is 1.46. The lowest BCUT2D eigenvalue weighted by Gasteiger charge is -2.14. The molecule has 0 spiro atoms. The third-order valence-corrected chi connectivity index (χ3v) is 4.49. The van der Waals surface area contributed by atoms with E-state index < -0.39 is 5.82 Å². The van der Waals surface area contributed by atoms with Crippen LogP contribution < -0.4 is 0 Å². The Kier molecular flexibility index (Phi) is 5.14. The quantitative estimate of drug-likeness (QED) is 0.456. The van der Waals surface area contributed by atoms with Crippen LogP contribution in [-0.2, 0) is 13.2 Å². The Morgan fingerprint density at radius 3 is 2.64 bits per heavy atom. The summed E-state index contributed by atoms with van der Waals surface area (Å²) in [4.78, 5) is 2.22. The molecule has 8 heteroatoms. The summed E-state index contributed by atoms with van der Waals surface area (Å²) in [5.41, 5.74) is 2.35. The molecule has 0 aliphatic rings. The fraction of sp³-hybridized carbons (Fsp3) is 0.150. The summed E-state index contributed by atoms with van der Waals surface area (Å²) in [5.74, 6) is -0.221. The molecule has 0 saturated carbocycles. The van der Waals surface area contributed by atoms with Gasteiger partial charge in [-0.25, -0.2) is 13.8 Å². The van der Waals surface area contributed by atoms with Crippen LogP contribution in [0, 0.1) is 10.7 Å². The fourth-order valence-corrected chi connectivity index (χ4v) is 3.07. The first-order chi connectivity index (χ1) is 13.6. The van der Waals surface area contributed by atoms with Crippen LogP contribution in [-0.4, -0.2) is 31.5 Å². The summed E-state index contributed by atoms with van der Waals surface area (Å²) < 4.78 is 22.8. The van der Waals surface area contributed by atoms with Crippen LogP contribution in [0.15, 0.2) is 71.4 Å². The molecule has 0 fully saturated rings. The van der Waals surface area contributed by atoms with E-state index in [1.807, 2.05) is 59.4 Å². The van der Waals surface area contributed by atoms with Gasteiger partial charge in [-0.1, -0.05) is 30.3 Å². The number of hydrogen-bond acceptors (Lipinski definition) is 5. The van der Waals surface area contributed by atoms with Crippen molar-refractivity contribution in [2.24, 2.45) is 0 Å². The third-order valence-electron chi connectivity index (χ3n) is 4.20. The lowest BCUT2D eigenvalue weighted by atomic mass is 10.2. The largest absolute Gasteiger partial charge is 0.409 e. The molecule has 2 aromatic carbocycles. The molecule has 0 atom stereocenters. The minimum Gasteiger partial charge on any atom is -0.409 e. The molecule has 0 amide bonds. The van der Waals surface area contributed by atoms with Crippen molar-refractivity contribution < 1.29 is 8.81 Å². The van der Waals surface area contributed by atoms with Crippen LogP contribution in [0.3, 0.4) is 0 Å². The van der Waals surface area contributed by atoms with Crippen molar-refractivity contribution in [1.29, 1.82) is 0 Å². The highest BCUT2D eigenvalue weighted by atomic mass is 32.1. The Morgan fingerprint density at radius 1 is 1.11 bits per heavy atom. The molecule has 4 rings (SSSR count). The smallest absolute Gasteiger partial charge is 0.288 e. The number of halogens is 1. The number of hydrogen-bond donors (Lipinski definition) is 0. The van der Waals surface area contributed by atoms with Gasteiger partial charge in [0.15, 0.2) is 0 Å². The van der Waals surface area contributed by atoms with Crippen molar-refractivity contribution in [3.63, 3.8) is 0 Å². The normalized spacial score (nSPS) is 11.2. The molecule has 0 bridgehead atoms. The number of rotatable bonds is 6. The molecule has 2 aromatic heterocycles. The molecular formula is C20H18FN5OS. The van der Waals surface area contributed by atoms with Crippen molar-refractivity contribution in [3.8, 4) is 17.1 Å². The lowest BCUT2D eigenvalue weighted by molar-refractivity contribution is 0.240. The zero-order chi connectivity index (χ0) is 19.5. The van der Waals surface area contributed by atoms with Gasteiger partial charge in [0.05, 0.1) is 24.1 Å². The molecule has 28 heavy (non-hydrogen) atoms. The van der Waals surface area contributed by atoms with Crippen LogP contribution in [0.5, 0.6) is 0 Å². The van der Waals surface area contributed by atoms with Gasteiger partial charge in [0.1, 0.15) is 5.82 Å². The number of aromatic nitrogens is 4. The van der Waals surface area contributed by atoms with Gasteiger partial charge in [0, 0.05) is 18.3 Å². The average molecular weight is 395 g/mol. The predicted molar refractivity (Wildman–Crippen MR) is 106 cm³/mol. The van der Waals surface area contributed by atoms with E-state index >= 15 is 0 Å². The van der Waals surface area contributed by atoms with E-state index in [4.69, 9.17) is 16.6 Å². The second-order valence-electron chi connectivity index (χ2n) is 6.44. The van der Waals surface area contributed by atoms with Crippen molar-refractivity contribution >= 4 is 12.2 Å². The van der Waals surface area contributed by atoms with E-state index in [0.717, 1.165) is 11.3 Å². The Bertz CT molecular complexity index is 1130. The molecule has 0 saturated heterocycles. The van der Waals surface area contributed by atoms with Crippen LogP contribution >= 0.6 is 12.2 Å². The van der Waals surface area contributed by atoms with Gasteiger partial charge in [0.2, 0.25) is 5.89 Å². The van der Waals surface area contributed by atoms with E-state index in [1.54, 1.807) is 22.9 Å². The minimum atomic E-state index is -0.396. The van der Waals surface area contributed by atoms with Crippen molar-refractivity contribution in [1.82, 2.24) is 24.5 Å². The summed E-state index contributed by atoms with van der Waals surface area (Å²) in [6, 6.07) is 16.2. The second-order valence-corrected chi connectivity index (χ2v) is 6.79. The van der Waals surface area contributed by atoms with Gasteiger partial charge in [-0.3, -0.25) is 4.90 Å². The summed E-state index contributed by atoms with van der Waals surface area (Å²) in [6.07, 6.45) is 3.81. The Hall–Kier alpha value is -3.10. The molecule has 0 radical (unpaired) electrons. The highest BCUT2D eigenvalue weighted by molar-refractivity contribution is 7.71. The SMILES string of the molecule is CN(Cc1cnn(-c2ccccc2)c1)Cn1nc(-c2ccccc2F)oc1=S. The zero-order valence-electron chi connectivity index (χ0n) is 15.2. The first kappa shape index (κ1) is 18.3. The Morgan fingerprint density at radius 2 is 1.86 bits per heavy atom. The summed E-state index contributed by atoms with van der Waals surface area (Å²) >= 11 is 5.24. The monoisotopic (exact) mass is 395 g/mol. The number of benzene rings is 2. The highest BCUT2D eigenvalue weighted by Gasteiger charge is 2.13. The first-order valence-electron chi connectivity index (χ1n) is 8.70. The number of nitrogens with zero attached hydrogens (tertiary/aromatic N) is 5. The molecule has 0 aliphatic carbocycles. The highest BCUT2D eigenvalue weighted by Crippen LogP contribution is 2.21. The molecule has 142 valence electrons. The van der Waals surface area contributed by atoms with Gasteiger partial charge in [0.25, 0.3) is 4.84 Å². The van der Waals surface area contributed by atoms with Gasteiger partial charge in [-0.05, 0) is 43.5 Å². The average Bonchev–Trinajstić information content (AvgIpc) is 3.30. The zero-order valence-corrected chi connectivity index (χ0v) is 16.0. The topological polar surface area (TPSA) is 52.0 Å². The van der Waals surface area contributed by atoms with E-state index in [1.165, 1.54) is 6.07 Å². The molecule has 2 heterocycles. The van der Waals surface area contributed by atoms with Crippen molar-refractivity contribution in [2.45, 2.75) is 13.2 Å². The molecule has 0 aliphatic heterocycles. The van der Waals surface area contributed by atoms with Crippen molar-refractivity contribution in [3.05, 3.63) is 83.2 Å². The van der Waals surface area contributed by atoms with E-state index in [-0.39, 0.29) is 10.7 Å². The number of para-hydroxylation sites is 1. The minimum absolute atomic E-state index is 0.174. The summed E-state index contributed by atoms with van der Waals surface area (Å²) in [6.45, 7) is 1.06. The summed E-state index contributed by atoms with van der Waals surface area (Å²) in [5, 5.41) is 8.72. The standard InChI is InChI=1S/C20H18FN5OS/c1-24(12-15-11-22-25(13-15)16-7-3-2-4-8-16)14-26-20(28)27-19(23-26)17-9-5-6-10-18(17)21/h2-11,13H,12,14H2,1H3. The molecule has 6 nitrogen and oxygen atoms in total. The van der Waals surface area contributed by atoms with Gasteiger partial charge >= 0.3 is 0 Å². The molecule has 0 N–H and O–H groups in total. The van der Waals surface area contributed by atoms with Gasteiger partial charge in [-0.15, -0.1) is 5.10 Å². The maximum Gasteiger partial charge on any atom is 0.288 e. The van der Waals surface area contributed by atoms with Crippen LogP contribution in [0.1, 0.15) is 5.56 Å². The van der Waals surface area contributed by atoms with E-state index in [9.17, 15) is 4.39 Å².